The van der Waals surface area contributed by atoms with Crippen LogP contribution in [0, 0.1) is 0 Å². The fraction of sp³-hybridized carbons (Fsp3) is 0. The van der Waals surface area contributed by atoms with Gasteiger partial charge in [-0.05, 0) is 58.4 Å². The number of anilines is 1. The van der Waals surface area contributed by atoms with Gasteiger partial charge in [-0.2, -0.15) is 0 Å². The molecular weight excluding hydrogens is 424 g/mol. The van der Waals surface area contributed by atoms with Crippen molar-refractivity contribution in [1.29, 1.82) is 0 Å². The molecule has 0 spiro atoms. The highest BCUT2D eigenvalue weighted by Gasteiger charge is 2.18. The van der Waals surface area contributed by atoms with Crippen molar-refractivity contribution < 1.29 is 13.2 Å². The van der Waals surface area contributed by atoms with E-state index in [0.717, 1.165) is 4.47 Å². The zero-order valence-electron chi connectivity index (χ0n) is 10.5. The largest absolute Gasteiger partial charge is 0.366 e. The van der Waals surface area contributed by atoms with Gasteiger partial charge >= 0.3 is 0 Å². The molecule has 0 saturated carbocycles. The van der Waals surface area contributed by atoms with Crippen LogP contribution < -0.4 is 10.5 Å². The van der Waals surface area contributed by atoms with Gasteiger partial charge in [0.15, 0.2) is 0 Å². The first kappa shape index (κ1) is 16.0. The molecule has 0 bridgehead atoms. The maximum absolute atomic E-state index is 12.3. The number of carbonyl (C=O) groups is 1. The zero-order chi connectivity index (χ0) is 15.6. The lowest BCUT2D eigenvalue weighted by Crippen LogP contribution is -2.14. The highest BCUT2D eigenvalue weighted by molar-refractivity contribution is 9.11. The number of halogens is 2. The van der Waals surface area contributed by atoms with Gasteiger partial charge in [-0.1, -0.05) is 15.9 Å². The van der Waals surface area contributed by atoms with Gasteiger partial charge in [0, 0.05) is 20.2 Å². The van der Waals surface area contributed by atoms with Crippen molar-refractivity contribution in [1.82, 2.24) is 0 Å². The van der Waals surface area contributed by atoms with E-state index in [2.05, 4.69) is 36.6 Å². The Morgan fingerprint density at radius 1 is 1.05 bits per heavy atom. The van der Waals surface area contributed by atoms with Gasteiger partial charge in [0.2, 0.25) is 5.91 Å². The van der Waals surface area contributed by atoms with Crippen LogP contribution in [-0.4, -0.2) is 14.3 Å². The van der Waals surface area contributed by atoms with Gasteiger partial charge in [-0.3, -0.25) is 9.52 Å². The van der Waals surface area contributed by atoms with Crippen molar-refractivity contribution in [3.63, 3.8) is 0 Å². The third-order valence-corrected chi connectivity index (χ3v) is 5.46. The Morgan fingerprint density at radius 3 is 2.19 bits per heavy atom. The van der Waals surface area contributed by atoms with E-state index in [1.54, 1.807) is 12.1 Å². The van der Waals surface area contributed by atoms with Gasteiger partial charge in [-0.25, -0.2) is 8.42 Å². The minimum atomic E-state index is -3.73. The standard InChI is InChI=1S/C13H10Br2N2O3S/c14-9-3-6-12(11(15)7-9)21(19,20)17-10-4-1-8(2-5-10)13(16)18/h1-7,17H,(H2,16,18). The Kier molecular flexibility index (Phi) is 4.70. The van der Waals surface area contributed by atoms with Crippen LogP contribution in [0.25, 0.3) is 0 Å². The molecule has 2 aromatic rings. The van der Waals surface area contributed by atoms with E-state index in [1.165, 1.54) is 30.3 Å². The number of rotatable bonds is 4. The second-order valence-corrected chi connectivity index (χ2v) is 7.54. The number of sulfonamides is 1. The summed E-state index contributed by atoms with van der Waals surface area (Å²) in [5, 5.41) is 0. The minimum Gasteiger partial charge on any atom is -0.366 e. The molecule has 0 aliphatic carbocycles. The molecule has 0 heterocycles. The number of nitrogens with one attached hydrogen (secondary N) is 1. The SMILES string of the molecule is NC(=O)c1ccc(NS(=O)(=O)c2ccc(Br)cc2Br)cc1. The lowest BCUT2D eigenvalue weighted by molar-refractivity contribution is 0.100. The fourth-order valence-electron chi connectivity index (χ4n) is 1.61. The number of hydrogen-bond acceptors (Lipinski definition) is 3. The topological polar surface area (TPSA) is 89.3 Å². The molecule has 5 nitrogen and oxygen atoms in total. The number of nitrogens with two attached hydrogens (primary N) is 1. The van der Waals surface area contributed by atoms with Crippen molar-refractivity contribution in [3.8, 4) is 0 Å². The molecule has 8 heteroatoms. The van der Waals surface area contributed by atoms with Crippen molar-refractivity contribution in [2.24, 2.45) is 5.73 Å². The zero-order valence-corrected chi connectivity index (χ0v) is 14.5. The number of carbonyl (C=O) groups excluding carboxylic acids is 1. The average molecular weight is 434 g/mol. The molecular formula is C13H10Br2N2O3S. The van der Waals surface area contributed by atoms with Crippen LogP contribution in [0.2, 0.25) is 0 Å². The molecule has 0 aromatic heterocycles. The molecule has 0 unspecified atom stereocenters. The molecule has 0 aliphatic heterocycles. The second-order valence-electron chi connectivity index (χ2n) is 4.12. The Balaban J connectivity index is 2.30. The minimum absolute atomic E-state index is 0.115. The Morgan fingerprint density at radius 2 is 1.67 bits per heavy atom. The predicted octanol–water partition coefficient (Wildman–Crippen LogP) is 3.11. The first-order valence-electron chi connectivity index (χ1n) is 5.67. The van der Waals surface area contributed by atoms with Gasteiger partial charge < -0.3 is 5.73 Å². The third-order valence-electron chi connectivity index (χ3n) is 2.61. The molecule has 0 radical (unpaired) electrons. The van der Waals surface area contributed by atoms with Crippen LogP contribution in [-0.2, 0) is 10.0 Å². The van der Waals surface area contributed by atoms with E-state index < -0.39 is 15.9 Å². The summed E-state index contributed by atoms with van der Waals surface area (Å²) < 4.78 is 28.3. The molecule has 21 heavy (non-hydrogen) atoms. The molecule has 2 aromatic carbocycles. The van der Waals surface area contributed by atoms with Crippen molar-refractivity contribution in [3.05, 3.63) is 57.0 Å². The Hall–Kier alpha value is -1.38. The maximum Gasteiger partial charge on any atom is 0.263 e. The summed E-state index contributed by atoms with van der Waals surface area (Å²) in [7, 11) is -3.73. The van der Waals surface area contributed by atoms with E-state index in [4.69, 9.17) is 5.73 Å². The first-order chi connectivity index (χ1) is 9.79. The van der Waals surface area contributed by atoms with Crippen molar-refractivity contribution >= 4 is 53.5 Å². The summed E-state index contributed by atoms with van der Waals surface area (Å²) in [6.07, 6.45) is 0. The van der Waals surface area contributed by atoms with Gasteiger partial charge in [-0.15, -0.1) is 0 Å². The molecule has 2 rings (SSSR count). The lowest BCUT2D eigenvalue weighted by Gasteiger charge is -2.10. The molecule has 0 atom stereocenters. The van der Waals surface area contributed by atoms with Crippen molar-refractivity contribution in [2.45, 2.75) is 4.90 Å². The molecule has 0 fully saturated rings. The van der Waals surface area contributed by atoms with Crippen LogP contribution >= 0.6 is 31.9 Å². The van der Waals surface area contributed by atoms with E-state index in [0.29, 0.717) is 15.7 Å². The smallest absolute Gasteiger partial charge is 0.263 e. The second kappa shape index (κ2) is 6.17. The molecule has 1 amide bonds. The monoisotopic (exact) mass is 432 g/mol. The fourth-order valence-corrected chi connectivity index (χ4v) is 4.41. The predicted molar refractivity (Wildman–Crippen MR) is 87.6 cm³/mol. The van der Waals surface area contributed by atoms with Crippen molar-refractivity contribution in [2.75, 3.05) is 4.72 Å². The number of hydrogen-bond donors (Lipinski definition) is 2. The quantitative estimate of drug-likeness (QED) is 0.776. The summed E-state index contributed by atoms with van der Waals surface area (Å²) in [5.74, 6) is -0.569. The Bertz CT molecular complexity index is 790. The molecule has 0 saturated heterocycles. The van der Waals surface area contributed by atoms with E-state index >= 15 is 0 Å². The summed E-state index contributed by atoms with van der Waals surface area (Å²) in [5.41, 5.74) is 5.78. The van der Waals surface area contributed by atoms with Crippen LogP contribution in [0.1, 0.15) is 10.4 Å². The first-order valence-corrected chi connectivity index (χ1v) is 8.74. The van der Waals surface area contributed by atoms with Crippen LogP contribution in [0.15, 0.2) is 56.3 Å². The van der Waals surface area contributed by atoms with Crippen LogP contribution in [0.5, 0.6) is 0 Å². The maximum atomic E-state index is 12.3. The highest BCUT2D eigenvalue weighted by Crippen LogP contribution is 2.27. The number of amides is 1. The Labute approximate surface area is 138 Å². The van der Waals surface area contributed by atoms with E-state index in [-0.39, 0.29) is 4.90 Å². The number of primary amides is 1. The molecule has 0 aliphatic rings. The highest BCUT2D eigenvalue weighted by atomic mass is 79.9. The number of benzene rings is 2. The van der Waals surface area contributed by atoms with Gasteiger partial charge in [0.1, 0.15) is 4.90 Å². The average Bonchev–Trinajstić information content (AvgIpc) is 2.38. The summed E-state index contributed by atoms with van der Waals surface area (Å²) in [6.45, 7) is 0. The summed E-state index contributed by atoms with van der Waals surface area (Å²) in [4.78, 5) is 11.1. The summed E-state index contributed by atoms with van der Waals surface area (Å²) in [6, 6.07) is 10.6. The molecule has 3 N–H and O–H groups in total. The molecule has 110 valence electrons. The summed E-state index contributed by atoms with van der Waals surface area (Å²) >= 11 is 6.48. The van der Waals surface area contributed by atoms with Crippen LogP contribution in [0.3, 0.4) is 0 Å². The van der Waals surface area contributed by atoms with Gasteiger partial charge in [0.05, 0.1) is 0 Å². The lowest BCUT2D eigenvalue weighted by atomic mass is 10.2. The van der Waals surface area contributed by atoms with Crippen LogP contribution in [0.4, 0.5) is 5.69 Å². The van der Waals surface area contributed by atoms with E-state index in [9.17, 15) is 13.2 Å². The van der Waals surface area contributed by atoms with Gasteiger partial charge in [0.25, 0.3) is 10.0 Å². The normalized spacial score (nSPS) is 11.1. The van der Waals surface area contributed by atoms with E-state index in [1.807, 2.05) is 0 Å². The third kappa shape index (κ3) is 3.84.